The fraction of sp³-hybridized carbons (Fsp3) is 0.667. The van der Waals surface area contributed by atoms with Crippen molar-refractivity contribution in [2.24, 2.45) is 0 Å². The third kappa shape index (κ3) is 3.20. The summed E-state index contributed by atoms with van der Waals surface area (Å²) in [4.78, 5) is 2.22. The van der Waals surface area contributed by atoms with Crippen LogP contribution in [0.1, 0.15) is 20.3 Å². The molecule has 2 nitrogen and oxygen atoms in total. The smallest absolute Gasteiger partial charge is 0.0641 e. The van der Waals surface area contributed by atoms with Crippen LogP contribution < -0.4 is 0 Å². The average molecular weight is 152 g/mol. The van der Waals surface area contributed by atoms with Gasteiger partial charge >= 0.3 is 0 Å². The molecule has 0 aliphatic carbocycles. The van der Waals surface area contributed by atoms with E-state index >= 15 is 0 Å². The van der Waals surface area contributed by atoms with Gasteiger partial charge in [0.25, 0.3) is 0 Å². The molecule has 1 unspecified atom stereocenters. The molecule has 0 saturated heterocycles. The van der Waals surface area contributed by atoms with Gasteiger partial charge in [0.1, 0.15) is 0 Å². The lowest BCUT2D eigenvalue weighted by molar-refractivity contribution is 0.257. The first kappa shape index (κ1) is 10.2. The van der Waals surface area contributed by atoms with Crippen LogP contribution in [0.2, 0.25) is 0 Å². The van der Waals surface area contributed by atoms with Crippen LogP contribution in [0.5, 0.6) is 0 Å². The summed E-state index contributed by atoms with van der Waals surface area (Å²) in [5.41, 5.74) is 0. The van der Waals surface area contributed by atoms with Gasteiger partial charge in [0.05, 0.1) is 12.5 Å². The molecule has 2 heteroatoms. The number of nitriles is 1. The van der Waals surface area contributed by atoms with E-state index in [0.717, 1.165) is 13.1 Å². The minimum Gasteiger partial charge on any atom is -0.296 e. The second kappa shape index (κ2) is 5.94. The second-order valence-corrected chi connectivity index (χ2v) is 2.39. The van der Waals surface area contributed by atoms with Crippen molar-refractivity contribution in [2.75, 3.05) is 13.1 Å². The highest BCUT2D eigenvalue weighted by Gasteiger charge is 2.09. The van der Waals surface area contributed by atoms with Crippen molar-refractivity contribution in [3.8, 4) is 6.07 Å². The standard InChI is InChI=1S/C9H16N2/c1-4-9(7-8-10)11(5-2)6-3/h4,9H,1,5-7H2,2-3H3. The maximum Gasteiger partial charge on any atom is 0.0641 e. The molecule has 1 atom stereocenters. The third-order valence-electron chi connectivity index (χ3n) is 1.85. The lowest BCUT2D eigenvalue weighted by Gasteiger charge is -2.24. The molecule has 0 saturated carbocycles. The Morgan fingerprint density at radius 1 is 1.55 bits per heavy atom. The topological polar surface area (TPSA) is 27.0 Å². The number of rotatable bonds is 5. The van der Waals surface area contributed by atoms with Crippen LogP contribution in [-0.2, 0) is 0 Å². The Kier molecular flexibility index (Phi) is 5.50. The molecule has 0 aromatic rings. The quantitative estimate of drug-likeness (QED) is 0.562. The van der Waals surface area contributed by atoms with Crippen molar-refractivity contribution >= 4 is 0 Å². The van der Waals surface area contributed by atoms with Gasteiger partial charge < -0.3 is 0 Å². The molecule has 0 aromatic carbocycles. The van der Waals surface area contributed by atoms with E-state index in [4.69, 9.17) is 5.26 Å². The first-order valence-electron chi connectivity index (χ1n) is 4.03. The van der Waals surface area contributed by atoms with Gasteiger partial charge in [0.2, 0.25) is 0 Å². The van der Waals surface area contributed by atoms with Crippen molar-refractivity contribution < 1.29 is 0 Å². The summed E-state index contributed by atoms with van der Waals surface area (Å²) >= 11 is 0. The van der Waals surface area contributed by atoms with Crippen molar-refractivity contribution in [1.82, 2.24) is 4.90 Å². The van der Waals surface area contributed by atoms with Gasteiger partial charge in [0.15, 0.2) is 0 Å². The molecule has 0 fully saturated rings. The lowest BCUT2D eigenvalue weighted by atomic mass is 10.2. The number of hydrogen-bond donors (Lipinski definition) is 0. The summed E-state index contributed by atoms with van der Waals surface area (Å²) in [6.45, 7) is 9.85. The Hall–Kier alpha value is -0.810. The molecule has 0 bridgehead atoms. The molecular formula is C9H16N2. The van der Waals surface area contributed by atoms with Crippen LogP contribution in [0.15, 0.2) is 12.7 Å². The highest BCUT2D eigenvalue weighted by Crippen LogP contribution is 2.03. The Labute approximate surface area is 69.1 Å². The van der Waals surface area contributed by atoms with Gasteiger partial charge in [-0.05, 0) is 13.1 Å². The Morgan fingerprint density at radius 3 is 2.36 bits per heavy atom. The summed E-state index contributed by atoms with van der Waals surface area (Å²) in [5, 5.41) is 8.48. The minimum atomic E-state index is 0.231. The fourth-order valence-corrected chi connectivity index (χ4v) is 1.15. The van der Waals surface area contributed by atoms with E-state index in [2.05, 4.69) is 31.4 Å². The van der Waals surface area contributed by atoms with Gasteiger partial charge in [-0.1, -0.05) is 19.9 Å². The Bertz CT molecular complexity index is 142. The molecule has 0 heterocycles. The first-order valence-corrected chi connectivity index (χ1v) is 4.03. The van der Waals surface area contributed by atoms with E-state index in [1.54, 1.807) is 0 Å². The molecule has 62 valence electrons. The maximum atomic E-state index is 8.48. The highest BCUT2D eigenvalue weighted by atomic mass is 15.1. The molecule has 0 radical (unpaired) electrons. The van der Waals surface area contributed by atoms with E-state index < -0.39 is 0 Å². The van der Waals surface area contributed by atoms with Crippen molar-refractivity contribution in [1.29, 1.82) is 5.26 Å². The zero-order valence-corrected chi connectivity index (χ0v) is 7.38. The molecule has 0 spiro atoms. The van der Waals surface area contributed by atoms with Crippen LogP contribution in [-0.4, -0.2) is 24.0 Å². The molecule has 0 aliphatic heterocycles. The minimum absolute atomic E-state index is 0.231. The first-order chi connectivity index (χ1) is 5.29. The summed E-state index contributed by atoms with van der Waals surface area (Å²) in [6, 6.07) is 2.39. The van der Waals surface area contributed by atoms with Gasteiger partial charge in [-0.2, -0.15) is 5.26 Å². The van der Waals surface area contributed by atoms with Crippen LogP contribution >= 0.6 is 0 Å². The predicted molar refractivity (Wildman–Crippen MR) is 47.1 cm³/mol. The van der Waals surface area contributed by atoms with Gasteiger partial charge in [-0.25, -0.2) is 0 Å². The molecular weight excluding hydrogens is 136 g/mol. The predicted octanol–water partition coefficient (Wildman–Crippen LogP) is 1.80. The van der Waals surface area contributed by atoms with Crippen molar-refractivity contribution in [2.45, 2.75) is 26.3 Å². The van der Waals surface area contributed by atoms with E-state index in [-0.39, 0.29) is 6.04 Å². The SMILES string of the molecule is C=CC(CC#N)N(CC)CC. The second-order valence-electron chi connectivity index (χ2n) is 2.39. The zero-order chi connectivity index (χ0) is 8.69. The average Bonchev–Trinajstić information content (AvgIpc) is 2.05. The Morgan fingerprint density at radius 2 is 2.09 bits per heavy atom. The summed E-state index contributed by atoms with van der Waals surface area (Å²) in [7, 11) is 0. The third-order valence-corrected chi connectivity index (χ3v) is 1.85. The van der Waals surface area contributed by atoms with Crippen molar-refractivity contribution in [3.05, 3.63) is 12.7 Å². The maximum absolute atomic E-state index is 8.48. The van der Waals surface area contributed by atoms with Gasteiger partial charge in [-0.15, -0.1) is 6.58 Å². The van der Waals surface area contributed by atoms with Crippen molar-refractivity contribution in [3.63, 3.8) is 0 Å². The lowest BCUT2D eigenvalue weighted by Crippen LogP contribution is -2.33. The monoisotopic (exact) mass is 152 g/mol. The van der Waals surface area contributed by atoms with Crippen LogP contribution in [0.3, 0.4) is 0 Å². The molecule has 0 aliphatic rings. The molecule has 11 heavy (non-hydrogen) atoms. The van der Waals surface area contributed by atoms with Crippen LogP contribution in [0.4, 0.5) is 0 Å². The molecule has 0 rings (SSSR count). The summed E-state index contributed by atoms with van der Waals surface area (Å²) in [6.07, 6.45) is 2.39. The number of nitrogens with zero attached hydrogens (tertiary/aromatic N) is 2. The zero-order valence-electron chi connectivity index (χ0n) is 7.38. The largest absolute Gasteiger partial charge is 0.296 e. The fourth-order valence-electron chi connectivity index (χ4n) is 1.15. The Balaban J connectivity index is 3.99. The number of likely N-dealkylation sites (N-methyl/N-ethyl adjacent to an activating group) is 1. The van der Waals surface area contributed by atoms with E-state index in [1.165, 1.54) is 0 Å². The summed E-state index contributed by atoms with van der Waals surface area (Å²) in [5.74, 6) is 0. The number of hydrogen-bond acceptors (Lipinski definition) is 2. The molecule has 0 aromatic heterocycles. The normalized spacial score (nSPS) is 12.5. The molecule has 0 N–H and O–H groups in total. The van der Waals surface area contributed by atoms with E-state index in [1.807, 2.05) is 6.08 Å². The van der Waals surface area contributed by atoms with E-state index in [9.17, 15) is 0 Å². The van der Waals surface area contributed by atoms with Gasteiger partial charge in [0, 0.05) is 6.04 Å². The van der Waals surface area contributed by atoms with E-state index in [0.29, 0.717) is 6.42 Å². The summed E-state index contributed by atoms with van der Waals surface area (Å²) < 4.78 is 0. The molecule has 0 amide bonds. The highest BCUT2D eigenvalue weighted by molar-refractivity contribution is 4.93. The van der Waals surface area contributed by atoms with Gasteiger partial charge in [-0.3, -0.25) is 4.90 Å². The van der Waals surface area contributed by atoms with Crippen LogP contribution in [0, 0.1) is 11.3 Å². The van der Waals surface area contributed by atoms with Crippen LogP contribution in [0.25, 0.3) is 0 Å².